The molecule has 0 fully saturated rings. The van der Waals surface area contributed by atoms with Gasteiger partial charge in [-0.05, 0) is 26.1 Å². The number of rotatable bonds is 5. The van der Waals surface area contributed by atoms with Crippen LogP contribution in [0, 0.1) is 0 Å². The predicted octanol–water partition coefficient (Wildman–Crippen LogP) is 0.282. The van der Waals surface area contributed by atoms with E-state index in [0.717, 1.165) is 0 Å². The Labute approximate surface area is 93.8 Å². The third-order valence-corrected chi connectivity index (χ3v) is 2.05. The Morgan fingerprint density at radius 3 is 2.67 bits per heavy atom. The molecule has 15 heavy (non-hydrogen) atoms. The lowest BCUT2D eigenvalue weighted by molar-refractivity contribution is -0.158. The highest BCUT2D eigenvalue weighted by Gasteiger charge is 2.31. The van der Waals surface area contributed by atoms with E-state index in [4.69, 9.17) is 21.7 Å². The summed E-state index contributed by atoms with van der Waals surface area (Å²) in [5.41, 5.74) is 0. The second-order valence-electron chi connectivity index (χ2n) is 2.87. The Hall–Kier alpha value is -0.850. The number of ether oxygens (including phenoxy) is 2. The maximum absolute atomic E-state index is 11.5. The molecule has 0 spiro atoms. The largest absolute Gasteiger partial charge is 0.350 e. The van der Waals surface area contributed by atoms with E-state index in [0.29, 0.717) is 13.2 Å². The number of aliphatic imine (C=N–C) groups is 1. The monoisotopic (exact) mass is 230 g/mol. The molecule has 0 radical (unpaired) electrons. The van der Waals surface area contributed by atoms with E-state index in [1.165, 1.54) is 6.21 Å². The van der Waals surface area contributed by atoms with Crippen LogP contribution in [-0.4, -0.2) is 42.7 Å². The topological polar surface area (TPSA) is 59.9 Å². The fourth-order valence-corrected chi connectivity index (χ4v) is 1.39. The number of hydrogen-bond donors (Lipinski definition) is 1. The molecule has 0 aromatic heterocycles. The van der Waals surface area contributed by atoms with Gasteiger partial charge >= 0.3 is 0 Å². The average Bonchev–Trinajstić information content (AvgIpc) is 2.21. The van der Waals surface area contributed by atoms with E-state index in [2.05, 4.69) is 10.3 Å². The Morgan fingerprint density at radius 1 is 1.53 bits per heavy atom. The average molecular weight is 230 g/mol. The van der Waals surface area contributed by atoms with Crippen LogP contribution in [0.4, 0.5) is 0 Å². The molecule has 0 bridgehead atoms. The minimum absolute atomic E-state index is 0.185. The zero-order valence-electron chi connectivity index (χ0n) is 8.73. The van der Waals surface area contributed by atoms with E-state index in [9.17, 15) is 4.79 Å². The quantitative estimate of drug-likeness (QED) is 0.543. The molecule has 0 aromatic rings. The molecule has 0 saturated carbocycles. The second kappa shape index (κ2) is 5.89. The van der Waals surface area contributed by atoms with Crippen molar-refractivity contribution in [2.75, 3.05) is 13.2 Å². The maximum atomic E-state index is 11.5. The first-order valence-electron chi connectivity index (χ1n) is 4.80. The van der Waals surface area contributed by atoms with Crippen LogP contribution >= 0.6 is 12.2 Å². The number of hydrogen-bond acceptors (Lipinski definition) is 4. The van der Waals surface area contributed by atoms with Gasteiger partial charge in [0, 0.05) is 13.2 Å². The minimum Gasteiger partial charge on any atom is -0.350 e. The first-order chi connectivity index (χ1) is 7.19. The van der Waals surface area contributed by atoms with Crippen molar-refractivity contribution in [1.29, 1.82) is 0 Å². The number of nitrogens with one attached hydrogen (secondary N) is 1. The van der Waals surface area contributed by atoms with Crippen molar-refractivity contribution in [2.45, 2.75) is 26.2 Å². The number of carbonyl (C=O) groups excluding carboxylic acids is 1. The summed E-state index contributed by atoms with van der Waals surface area (Å²) in [6.07, 6.45) is 0.589. The lowest BCUT2D eigenvalue weighted by Gasteiger charge is -2.27. The Bertz CT molecular complexity index is 275. The van der Waals surface area contributed by atoms with Crippen molar-refractivity contribution >= 4 is 29.3 Å². The predicted molar refractivity (Wildman–Crippen MR) is 60.1 cm³/mol. The summed E-state index contributed by atoms with van der Waals surface area (Å²) in [5, 5.41) is 3.05. The van der Waals surface area contributed by atoms with Crippen molar-refractivity contribution in [3.8, 4) is 0 Å². The molecule has 1 unspecified atom stereocenters. The minimum atomic E-state index is -0.614. The van der Waals surface area contributed by atoms with Crippen LogP contribution in [0.15, 0.2) is 4.99 Å². The van der Waals surface area contributed by atoms with E-state index in [1.807, 2.05) is 13.8 Å². The zero-order chi connectivity index (χ0) is 11.3. The zero-order valence-corrected chi connectivity index (χ0v) is 9.54. The third kappa shape index (κ3) is 3.33. The summed E-state index contributed by atoms with van der Waals surface area (Å²) < 4.78 is 10.6. The highest BCUT2D eigenvalue weighted by atomic mass is 32.1. The molecule has 1 aliphatic rings. The normalized spacial score (nSPS) is 20.9. The fourth-order valence-electron chi connectivity index (χ4n) is 1.22. The van der Waals surface area contributed by atoms with Crippen molar-refractivity contribution in [2.24, 2.45) is 4.99 Å². The Kier molecular flexibility index (Phi) is 4.80. The number of nitrogens with zero attached hydrogens (tertiary/aromatic N) is 1. The lowest BCUT2D eigenvalue weighted by Crippen LogP contribution is -2.53. The van der Waals surface area contributed by atoms with Gasteiger partial charge in [0.25, 0.3) is 0 Å². The molecule has 1 N–H and O–H groups in total. The highest BCUT2D eigenvalue weighted by molar-refractivity contribution is 7.80. The highest BCUT2D eigenvalue weighted by Crippen LogP contribution is 2.06. The van der Waals surface area contributed by atoms with Crippen molar-refractivity contribution < 1.29 is 14.3 Å². The van der Waals surface area contributed by atoms with E-state index in [-0.39, 0.29) is 10.9 Å². The van der Waals surface area contributed by atoms with Crippen LogP contribution in [0.2, 0.25) is 0 Å². The van der Waals surface area contributed by atoms with Gasteiger partial charge in [-0.2, -0.15) is 0 Å². The van der Waals surface area contributed by atoms with Gasteiger partial charge < -0.3 is 14.8 Å². The van der Waals surface area contributed by atoms with Gasteiger partial charge in [0.15, 0.2) is 11.4 Å². The summed E-state index contributed by atoms with van der Waals surface area (Å²) in [6.45, 7) is 4.62. The Balaban J connectivity index is 2.69. The molecule has 0 aliphatic carbocycles. The van der Waals surface area contributed by atoms with Gasteiger partial charge in [-0.3, -0.25) is 4.79 Å². The molecule has 5 nitrogen and oxygen atoms in total. The van der Waals surface area contributed by atoms with E-state index < -0.39 is 12.3 Å². The first kappa shape index (κ1) is 12.2. The van der Waals surface area contributed by atoms with Gasteiger partial charge in [-0.15, -0.1) is 0 Å². The molecule has 0 aromatic carbocycles. The van der Waals surface area contributed by atoms with Gasteiger partial charge in [-0.1, -0.05) is 0 Å². The van der Waals surface area contributed by atoms with Crippen molar-refractivity contribution in [1.82, 2.24) is 5.32 Å². The maximum Gasteiger partial charge on any atom is 0.201 e. The molecule has 1 heterocycles. The Morgan fingerprint density at radius 2 is 2.13 bits per heavy atom. The molecule has 6 heteroatoms. The number of Topliss-reactive ketones (excluding diaryl/α,β-unsaturated/α-hetero) is 1. The molecule has 0 saturated heterocycles. The van der Waals surface area contributed by atoms with Crippen LogP contribution in [0.5, 0.6) is 0 Å². The van der Waals surface area contributed by atoms with Crippen LogP contribution in [0.25, 0.3) is 0 Å². The molecule has 1 atom stereocenters. The van der Waals surface area contributed by atoms with Gasteiger partial charge in [0.05, 0.1) is 6.21 Å². The molecular formula is C9H14N2O3S. The summed E-state index contributed by atoms with van der Waals surface area (Å²) in [4.78, 5) is 15.2. The summed E-state index contributed by atoms with van der Waals surface area (Å²) in [5.74, 6) is -0.185. The fraction of sp³-hybridized carbons (Fsp3) is 0.667. The van der Waals surface area contributed by atoms with Crippen LogP contribution in [-0.2, 0) is 14.3 Å². The van der Waals surface area contributed by atoms with Crippen LogP contribution in [0.1, 0.15) is 13.8 Å². The summed E-state index contributed by atoms with van der Waals surface area (Å²) in [6, 6.07) is -0.588. The SMILES string of the molecule is CCOC(OCC)C1NC(=S)N=CC1=O. The summed E-state index contributed by atoms with van der Waals surface area (Å²) >= 11 is 4.85. The molecule has 84 valence electrons. The van der Waals surface area contributed by atoms with Gasteiger partial charge in [-0.25, -0.2) is 4.99 Å². The molecule has 0 amide bonds. The number of thiocarbonyl (C=S) groups is 1. The first-order valence-corrected chi connectivity index (χ1v) is 5.21. The number of ketones is 1. The smallest absolute Gasteiger partial charge is 0.201 e. The number of carbonyl (C=O) groups is 1. The van der Waals surface area contributed by atoms with E-state index >= 15 is 0 Å². The van der Waals surface area contributed by atoms with Crippen molar-refractivity contribution in [3.63, 3.8) is 0 Å². The molecular weight excluding hydrogens is 216 g/mol. The van der Waals surface area contributed by atoms with Crippen molar-refractivity contribution in [3.05, 3.63) is 0 Å². The standard InChI is InChI=1S/C9H14N2O3S/c1-3-13-8(14-4-2)7-6(12)5-10-9(15)11-7/h5,7-8H,3-4H2,1-2H3,(H,11,15). The summed E-state index contributed by atoms with van der Waals surface area (Å²) in [7, 11) is 0. The lowest BCUT2D eigenvalue weighted by atomic mass is 10.1. The van der Waals surface area contributed by atoms with Gasteiger partial charge in [0.1, 0.15) is 6.04 Å². The second-order valence-corrected chi connectivity index (χ2v) is 3.25. The molecule has 1 rings (SSSR count). The van der Waals surface area contributed by atoms with Crippen LogP contribution in [0.3, 0.4) is 0 Å². The third-order valence-electron chi connectivity index (χ3n) is 1.83. The molecule has 1 aliphatic heterocycles. The van der Waals surface area contributed by atoms with Gasteiger partial charge in [0.2, 0.25) is 5.78 Å². The van der Waals surface area contributed by atoms with Crippen LogP contribution < -0.4 is 5.32 Å². The van der Waals surface area contributed by atoms with E-state index in [1.54, 1.807) is 0 Å².